The summed E-state index contributed by atoms with van der Waals surface area (Å²) < 4.78 is 23.3. The molecule has 0 atom stereocenters. The lowest BCUT2D eigenvalue weighted by molar-refractivity contribution is -0.116. The summed E-state index contributed by atoms with van der Waals surface area (Å²) >= 11 is 0. The molecule has 210 valence electrons. The van der Waals surface area contributed by atoms with Crippen LogP contribution in [0.15, 0.2) is 117 Å². The van der Waals surface area contributed by atoms with E-state index in [1.807, 2.05) is 72.2 Å². The number of nitrogens with one attached hydrogen (secondary N) is 1. The fourth-order valence-corrected chi connectivity index (χ4v) is 5.32. The van der Waals surface area contributed by atoms with Gasteiger partial charge in [0.15, 0.2) is 5.76 Å². The van der Waals surface area contributed by atoms with Crippen LogP contribution in [-0.2, 0) is 11.3 Å². The van der Waals surface area contributed by atoms with Crippen LogP contribution in [0.4, 0.5) is 10.1 Å². The van der Waals surface area contributed by atoms with E-state index in [9.17, 15) is 14.0 Å². The van der Waals surface area contributed by atoms with Crippen molar-refractivity contribution >= 4 is 50.6 Å². The van der Waals surface area contributed by atoms with E-state index in [0.717, 1.165) is 27.5 Å². The van der Waals surface area contributed by atoms with Crippen LogP contribution >= 0.6 is 0 Å². The third-order valence-corrected chi connectivity index (χ3v) is 7.43. The number of carbonyl (C=O) groups is 1. The van der Waals surface area contributed by atoms with Crippen LogP contribution in [0, 0.1) is 12.7 Å². The van der Waals surface area contributed by atoms with E-state index in [2.05, 4.69) is 10.4 Å². The lowest BCUT2D eigenvalue weighted by Gasteiger charge is -2.10. The van der Waals surface area contributed by atoms with Crippen LogP contribution in [0.2, 0.25) is 0 Å². The molecule has 43 heavy (non-hydrogen) atoms. The van der Waals surface area contributed by atoms with Crippen molar-refractivity contribution in [2.45, 2.75) is 13.5 Å². The molecule has 3 aromatic heterocycles. The topological polar surface area (TPSA) is 94.4 Å². The summed E-state index contributed by atoms with van der Waals surface area (Å²) in [5.41, 5.74) is 3.25. The second-order valence-corrected chi connectivity index (χ2v) is 10.1. The van der Waals surface area contributed by atoms with Crippen LogP contribution < -0.4 is 10.9 Å². The molecule has 0 saturated heterocycles. The first-order chi connectivity index (χ1) is 21.0. The molecule has 3 heterocycles. The first-order valence-electron chi connectivity index (χ1n) is 13.7. The van der Waals surface area contributed by atoms with Gasteiger partial charge < -0.3 is 14.3 Å². The molecule has 0 aliphatic heterocycles. The summed E-state index contributed by atoms with van der Waals surface area (Å²) in [5.74, 6) is -0.209. The molecule has 0 spiro atoms. The van der Waals surface area contributed by atoms with Gasteiger partial charge in [-0.3, -0.25) is 9.59 Å². The number of hydrogen-bond acceptors (Lipinski definition) is 5. The summed E-state index contributed by atoms with van der Waals surface area (Å²) in [6.45, 7) is 1.83. The molecular formula is C34H24FN5O3. The highest BCUT2D eigenvalue weighted by Gasteiger charge is 2.19. The molecule has 9 heteroatoms. The van der Waals surface area contributed by atoms with Crippen LogP contribution in [0.3, 0.4) is 0 Å². The van der Waals surface area contributed by atoms with Gasteiger partial charge in [0.2, 0.25) is 11.7 Å². The third kappa shape index (κ3) is 4.66. The number of hydrogen-bond donors (Lipinski definition) is 1. The minimum atomic E-state index is -0.507. The second-order valence-electron chi connectivity index (χ2n) is 10.1. The van der Waals surface area contributed by atoms with E-state index >= 15 is 0 Å². The average molecular weight is 570 g/mol. The smallest absolute Gasteiger partial charge is 0.282 e. The summed E-state index contributed by atoms with van der Waals surface area (Å²) in [4.78, 5) is 31.5. The Kier molecular flexibility index (Phi) is 6.39. The summed E-state index contributed by atoms with van der Waals surface area (Å²) in [7, 11) is 0. The van der Waals surface area contributed by atoms with Gasteiger partial charge >= 0.3 is 0 Å². The molecule has 0 unspecified atom stereocenters. The lowest BCUT2D eigenvalue weighted by Crippen LogP contribution is -2.20. The Balaban J connectivity index is 1.33. The van der Waals surface area contributed by atoms with E-state index in [1.165, 1.54) is 16.8 Å². The monoisotopic (exact) mass is 569 g/mol. The van der Waals surface area contributed by atoms with Crippen LogP contribution in [0.5, 0.6) is 0 Å². The Labute approximate surface area is 244 Å². The number of amides is 1. The van der Waals surface area contributed by atoms with Gasteiger partial charge in [-0.1, -0.05) is 60.7 Å². The standard InChI is InChI=1S/C34H24FN5O3/c1-21-25(23-11-4-8-16-29(23)39(21)20-32(41)37-28-15-7-5-13-26(28)35)19-36-40-33(31-18-22-10-2-9-17-30(22)43-31)38-27-14-6-3-12-24(27)34(40)42/h2-19H,20H2,1H3,(H,37,41). The maximum Gasteiger partial charge on any atom is 0.282 e. The number of benzene rings is 4. The molecule has 0 saturated carbocycles. The molecule has 0 fully saturated rings. The summed E-state index contributed by atoms with van der Waals surface area (Å²) in [5, 5.41) is 9.43. The zero-order valence-electron chi connectivity index (χ0n) is 23.0. The van der Waals surface area contributed by atoms with Gasteiger partial charge in [0.25, 0.3) is 5.56 Å². The van der Waals surface area contributed by atoms with Gasteiger partial charge in [-0.25, -0.2) is 9.37 Å². The molecule has 0 radical (unpaired) electrons. The lowest BCUT2D eigenvalue weighted by atomic mass is 10.1. The first kappa shape index (κ1) is 26.1. The maximum absolute atomic E-state index is 14.2. The average Bonchev–Trinajstić information content (AvgIpc) is 3.57. The highest BCUT2D eigenvalue weighted by Crippen LogP contribution is 2.28. The first-order valence-corrected chi connectivity index (χ1v) is 13.7. The highest BCUT2D eigenvalue weighted by molar-refractivity contribution is 6.02. The minimum absolute atomic E-state index is 0.0454. The van der Waals surface area contributed by atoms with Gasteiger partial charge in [0, 0.05) is 27.5 Å². The summed E-state index contributed by atoms with van der Waals surface area (Å²) in [6.07, 6.45) is 1.60. The van der Waals surface area contributed by atoms with Crippen molar-refractivity contribution in [1.29, 1.82) is 0 Å². The van der Waals surface area contributed by atoms with Crippen molar-refractivity contribution in [2.75, 3.05) is 5.32 Å². The van der Waals surface area contributed by atoms with Gasteiger partial charge in [-0.05, 0) is 49.4 Å². The van der Waals surface area contributed by atoms with Gasteiger partial charge in [0.1, 0.15) is 17.9 Å². The second kappa shape index (κ2) is 10.5. The fraction of sp³-hybridized carbons (Fsp3) is 0.0588. The van der Waals surface area contributed by atoms with Crippen molar-refractivity contribution in [3.05, 3.63) is 131 Å². The van der Waals surface area contributed by atoms with E-state index < -0.39 is 5.82 Å². The van der Waals surface area contributed by atoms with Crippen molar-refractivity contribution in [1.82, 2.24) is 14.2 Å². The number of halogens is 1. The molecular weight excluding hydrogens is 545 g/mol. The van der Waals surface area contributed by atoms with Crippen molar-refractivity contribution in [2.24, 2.45) is 5.10 Å². The summed E-state index contributed by atoms with van der Waals surface area (Å²) in [6, 6.07) is 30.1. The number of fused-ring (bicyclic) bond motifs is 3. The van der Waals surface area contributed by atoms with Gasteiger partial charge in [-0.15, -0.1) is 0 Å². The third-order valence-electron chi connectivity index (χ3n) is 7.43. The van der Waals surface area contributed by atoms with Crippen LogP contribution in [0.25, 0.3) is 44.4 Å². The predicted molar refractivity (Wildman–Crippen MR) is 166 cm³/mol. The number of anilines is 1. The van der Waals surface area contributed by atoms with Crippen molar-refractivity contribution in [3.63, 3.8) is 0 Å². The molecule has 4 aromatic carbocycles. The van der Waals surface area contributed by atoms with Crippen molar-refractivity contribution < 1.29 is 13.6 Å². The number of para-hydroxylation sites is 4. The maximum atomic E-state index is 14.2. The quantitative estimate of drug-likeness (QED) is 0.225. The van der Waals surface area contributed by atoms with Crippen LogP contribution in [0.1, 0.15) is 11.3 Å². The molecule has 1 N–H and O–H groups in total. The normalized spacial score (nSPS) is 11.7. The van der Waals surface area contributed by atoms with E-state index in [-0.39, 0.29) is 29.5 Å². The minimum Gasteiger partial charge on any atom is -0.453 e. The fourth-order valence-electron chi connectivity index (χ4n) is 5.32. The van der Waals surface area contributed by atoms with Crippen LogP contribution in [-0.4, -0.2) is 26.3 Å². The largest absolute Gasteiger partial charge is 0.453 e. The molecule has 7 rings (SSSR count). The Bertz CT molecular complexity index is 2250. The molecule has 1 amide bonds. The Hall–Kier alpha value is -5.83. The van der Waals surface area contributed by atoms with E-state index in [1.54, 1.807) is 36.5 Å². The van der Waals surface area contributed by atoms with Gasteiger partial charge in [0.05, 0.1) is 22.8 Å². The van der Waals surface area contributed by atoms with E-state index in [0.29, 0.717) is 22.2 Å². The SMILES string of the molecule is Cc1c(C=Nn2c(-c3cc4ccccc4o3)nc3ccccc3c2=O)c2ccccc2n1CC(=O)Nc1ccccc1F. The predicted octanol–water partition coefficient (Wildman–Crippen LogP) is 6.73. The zero-order valence-corrected chi connectivity index (χ0v) is 23.0. The number of rotatable bonds is 6. The van der Waals surface area contributed by atoms with Crippen molar-refractivity contribution in [3.8, 4) is 11.6 Å². The molecule has 0 aliphatic rings. The Morgan fingerprint density at radius 2 is 1.67 bits per heavy atom. The van der Waals surface area contributed by atoms with E-state index in [4.69, 9.17) is 9.40 Å². The Morgan fingerprint density at radius 1 is 0.953 bits per heavy atom. The Morgan fingerprint density at radius 3 is 2.51 bits per heavy atom. The molecule has 0 bridgehead atoms. The zero-order chi connectivity index (χ0) is 29.5. The highest BCUT2D eigenvalue weighted by atomic mass is 19.1. The number of nitrogens with zero attached hydrogens (tertiary/aromatic N) is 4. The number of carbonyl (C=O) groups excluding carboxylic acids is 1. The molecule has 7 aromatic rings. The molecule has 8 nitrogen and oxygen atoms in total. The number of aromatic nitrogens is 3. The van der Waals surface area contributed by atoms with Gasteiger partial charge in [-0.2, -0.15) is 9.78 Å². The number of furan rings is 1. The molecule has 0 aliphatic carbocycles.